The standard InChI is InChI=1S/C16H20N2O3S/c1-18-15(13-7-3-2-4-8-13)11-17-16(18)22(19,20)12-14-9-5-6-10-21-14/h2-4,7-8,11,14H,5-6,9-10,12H2,1H3/t14-/m0/s1. The molecule has 3 rings (SSSR count). The number of rotatable bonds is 4. The first-order valence-electron chi connectivity index (χ1n) is 7.49. The Morgan fingerprint density at radius 1 is 1.27 bits per heavy atom. The summed E-state index contributed by atoms with van der Waals surface area (Å²) in [5, 5.41) is 0.112. The summed E-state index contributed by atoms with van der Waals surface area (Å²) in [4.78, 5) is 4.15. The second kappa shape index (κ2) is 6.22. The molecule has 2 heterocycles. The lowest BCUT2D eigenvalue weighted by Crippen LogP contribution is -2.28. The van der Waals surface area contributed by atoms with Crippen molar-refractivity contribution >= 4 is 9.84 Å². The first-order valence-corrected chi connectivity index (χ1v) is 9.14. The maximum absolute atomic E-state index is 12.6. The van der Waals surface area contributed by atoms with Gasteiger partial charge in [-0.1, -0.05) is 30.3 Å². The highest BCUT2D eigenvalue weighted by Crippen LogP contribution is 2.23. The van der Waals surface area contributed by atoms with E-state index in [0.29, 0.717) is 6.61 Å². The van der Waals surface area contributed by atoms with Crippen LogP contribution in [0.3, 0.4) is 0 Å². The van der Waals surface area contributed by atoms with E-state index >= 15 is 0 Å². The number of aromatic nitrogens is 2. The molecule has 0 unspecified atom stereocenters. The van der Waals surface area contributed by atoms with Gasteiger partial charge >= 0.3 is 0 Å². The molecule has 1 aliphatic heterocycles. The summed E-state index contributed by atoms with van der Waals surface area (Å²) in [7, 11) is -1.71. The highest BCUT2D eigenvalue weighted by atomic mass is 32.2. The Hall–Kier alpha value is -1.66. The highest BCUT2D eigenvalue weighted by Gasteiger charge is 2.27. The van der Waals surface area contributed by atoms with Crippen LogP contribution in [-0.2, 0) is 21.6 Å². The molecule has 0 amide bonds. The van der Waals surface area contributed by atoms with Gasteiger partial charge < -0.3 is 9.30 Å². The van der Waals surface area contributed by atoms with Crippen LogP contribution >= 0.6 is 0 Å². The molecule has 1 aliphatic rings. The molecule has 5 nitrogen and oxygen atoms in total. The van der Waals surface area contributed by atoms with Crippen molar-refractivity contribution in [2.75, 3.05) is 12.4 Å². The molecule has 22 heavy (non-hydrogen) atoms. The Morgan fingerprint density at radius 3 is 2.73 bits per heavy atom. The summed E-state index contributed by atoms with van der Waals surface area (Å²) in [5.74, 6) is 0.00603. The molecule has 118 valence electrons. The molecule has 0 aliphatic carbocycles. The van der Waals surface area contributed by atoms with Crippen molar-refractivity contribution in [2.24, 2.45) is 7.05 Å². The number of sulfone groups is 1. The Bertz CT molecular complexity index is 732. The number of hydrogen-bond donors (Lipinski definition) is 0. The van der Waals surface area contributed by atoms with E-state index in [9.17, 15) is 8.42 Å². The monoisotopic (exact) mass is 320 g/mol. The molecule has 0 saturated carbocycles. The number of hydrogen-bond acceptors (Lipinski definition) is 4. The van der Waals surface area contributed by atoms with E-state index in [2.05, 4.69) is 4.98 Å². The van der Waals surface area contributed by atoms with Crippen molar-refractivity contribution < 1.29 is 13.2 Å². The zero-order valence-corrected chi connectivity index (χ0v) is 13.4. The lowest BCUT2D eigenvalue weighted by molar-refractivity contribution is 0.0304. The second-order valence-corrected chi connectivity index (χ2v) is 7.55. The minimum absolute atomic E-state index is 0.00603. The average molecular weight is 320 g/mol. The SMILES string of the molecule is Cn1c(-c2ccccc2)cnc1S(=O)(=O)C[C@@H]1CCCCO1. The summed E-state index contributed by atoms with van der Waals surface area (Å²) in [6.07, 6.45) is 4.24. The molecular formula is C16H20N2O3S. The molecule has 1 aromatic carbocycles. The fourth-order valence-electron chi connectivity index (χ4n) is 2.82. The molecule has 0 radical (unpaired) electrons. The number of imidazole rings is 1. The van der Waals surface area contributed by atoms with E-state index in [-0.39, 0.29) is 17.0 Å². The first-order chi connectivity index (χ1) is 10.6. The van der Waals surface area contributed by atoms with Crippen LogP contribution in [0.2, 0.25) is 0 Å². The van der Waals surface area contributed by atoms with Crippen molar-refractivity contribution in [1.82, 2.24) is 9.55 Å². The largest absolute Gasteiger partial charge is 0.377 e. The van der Waals surface area contributed by atoms with Gasteiger partial charge in [-0.05, 0) is 24.8 Å². The van der Waals surface area contributed by atoms with Gasteiger partial charge in [0.15, 0.2) is 0 Å². The lowest BCUT2D eigenvalue weighted by atomic mass is 10.1. The molecule has 0 N–H and O–H groups in total. The summed E-state index contributed by atoms with van der Waals surface area (Å²) in [6, 6.07) is 9.66. The van der Waals surface area contributed by atoms with E-state index in [4.69, 9.17) is 4.74 Å². The minimum Gasteiger partial charge on any atom is -0.377 e. The zero-order valence-electron chi connectivity index (χ0n) is 12.6. The normalized spacial score (nSPS) is 19.2. The van der Waals surface area contributed by atoms with Gasteiger partial charge in [0.2, 0.25) is 15.0 Å². The maximum Gasteiger partial charge on any atom is 0.227 e. The molecule has 1 saturated heterocycles. The summed E-state index contributed by atoms with van der Waals surface area (Å²) in [5.41, 5.74) is 1.75. The Morgan fingerprint density at radius 2 is 2.05 bits per heavy atom. The molecule has 2 aromatic rings. The molecule has 1 aromatic heterocycles. The smallest absolute Gasteiger partial charge is 0.227 e. The quantitative estimate of drug-likeness (QED) is 0.868. The molecule has 1 fully saturated rings. The van der Waals surface area contributed by atoms with Gasteiger partial charge in [0.1, 0.15) is 0 Å². The van der Waals surface area contributed by atoms with Crippen LogP contribution in [-0.4, -0.2) is 36.4 Å². The second-order valence-electron chi connectivity index (χ2n) is 5.62. The molecule has 6 heteroatoms. The van der Waals surface area contributed by atoms with E-state index in [1.807, 2.05) is 30.3 Å². The van der Waals surface area contributed by atoms with Crippen LogP contribution in [0.15, 0.2) is 41.7 Å². The van der Waals surface area contributed by atoms with Crippen LogP contribution in [0.1, 0.15) is 19.3 Å². The van der Waals surface area contributed by atoms with Gasteiger partial charge in [-0.3, -0.25) is 0 Å². The van der Waals surface area contributed by atoms with Gasteiger partial charge in [0.25, 0.3) is 0 Å². The summed E-state index contributed by atoms with van der Waals surface area (Å²) >= 11 is 0. The van der Waals surface area contributed by atoms with Crippen molar-refractivity contribution in [3.05, 3.63) is 36.5 Å². The Kier molecular flexibility index (Phi) is 4.31. The average Bonchev–Trinajstić information content (AvgIpc) is 2.91. The molecule has 0 bridgehead atoms. The fraction of sp³-hybridized carbons (Fsp3) is 0.438. The van der Waals surface area contributed by atoms with E-state index in [1.165, 1.54) is 0 Å². The van der Waals surface area contributed by atoms with Crippen molar-refractivity contribution in [3.8, 4) is 11.3 Å². The van der Waals surface area contributed by atoms with E-state index in [0.717, 1.165) is 30.5 Å². The first kappa shape index (κ1) is 15.2. The van der Waals surface area contributed by atoms with Crippen LogP contribution < -0.4 is 0 Å². The third-order valence-corrected chi connectivity index (χ3v) is 5.72. The van der Waals surface area contributed by atoms with E-state index < -0.39 is 9.84 Å². The minimum atomic E-state index is -3.45. The van der Waals surface area contributed by atoms with Gasteiger partial charge in [0, 0.05) is 13.7 Å². The Labute approximate surface area is 130 Å². The van der Waals surface area contributed by atoms with Crippen LogP contribution in [0, 0.1) is 0 Å². The highest BCUT2D eigenvalue weighted by molar-refractivity contribution is 7.91. The lowest BCUT2D eigenvalue weighted by Gasteiger charge is -2.22. The molecular weight excluding hydrogens is 300 g/mol. The van der Waals surface area contributed by atoms with Gasteiger partial charge in [-0.2, -0.15) is 0 Å². The van der Waals surface area contributed by atoms with Crippen LogP contribution in [0.25, 0.3) is 11.3 Å². The van der Waals surface area contributed by atoms with Crippen molar-refractivity contribution in [1.29, 1.82) is 0 Å². The number of ether oxygens (including phenoxy) is 1. The topological polar surface area (TPSA) is 61.2 Å². The maximum atomic E-state index is 12.6. The predicted octanol–water partition coefficient (Wildman–Crippen LogP) is 2.43. The van der Waals surface area contributed by atoms with Crippen molar-refractivity contribution in [2.45, 2.75) is 30.5 Å². The third kappa shape index (κ3) is 3.08. The Balaban J connectivity index is 1.87. The summed E-state index contributed by atoms with van der Waals surface area (Å²) in [6.45, 7) is 0.649. The summed E-state index contributed by atoms with van der Waals surface area (Å²) < 4.78 is 32.4. The number of benzene rings is 1. The van der Waals surface area contributed by atoms with Gasteiger partial charge in [0.05, 0.1) is 23.7 Å². The van der Waals surface area contributed by atoms with Crippen LogP contribution in [0.5, 0.6) is 0 Å². The van der Waals surface area contributed by atoms with Crippen LogP contribution in [0.4, 0.5) is 0 Å². The van der Waals surface area contributed by atoms with Gasteiger partial charge in [-0.25, -0.2) is 13.4 Å². The molecule has 0 spiro atoms. The number of nitrogens with zero attached hydrogens (tertiary/aromatic N) is 2. The predicted molar refractivity (Wildman–Crippen MR) is 84.3 cm³/mol. The fourth-order valence-corrected chi connectivity index (χ4v) is 4.45. The third-order valence-electron chi connectivity index (χ3n) is 3.97. The van der Waals surface area contributed by atoms with E-state index in [1.54, 1.807) is 17.8 Å². The van der Waals surface area contributed by atoms with Gasteiger partial charge in [-0.15, -0.1) is 0 Å². The zero-order chi connectivity index (χ0) is 15.6. The van der Waals surface area contributed by atoms with Crippen molar-refractivity contribution in [3.63, 3.8) is 0 Å². The molecule has 1 atom stereocenters.